The Morgan fingerprint density at radius 3 is 2.53 bits per heavy atom. The second-order valence-corrected chi connectivity index (χ2v) is 5.30. The van der Waals surface area contributed by atoms with Crippen molar-refractivity contribution >= 4 is 28.4 Å². The van der Waals surface area contributed by atoms with Gasteiger partial charge in [-0.05, 0) is 59.0 Å². The van der Waals surface area contributed by atoms with Crippen molar-refractivity contribution < 1.29 is 9.90 Å². The Bertz CT molecular complexity index is 354. The van der Waals surface area contributed by atoms with Crippen LogP contribution in [0.3, 0.4) is 0 Å². The number of Topliss-reactive ketones (excluding diaryl/α,β-unsaturated/α-hetero) is 1. The van der Waals surface area contributed by atoms with Crippen LogP contribution >= 0.6 is 22.6 Å². The molecule has 0 aromatic heterocycles. The summed E-state index contributed by atoms with van der Waals surface area (Å²) in [6.07, 6.45) is 1.62. The number of rotatable bonds is 4. The quantitative estimate of drug-likeness (QED) is 0.865. The topological polar surface area (TPSA) is 37.3 Å². The van der Waals surface area contributed by atoms with Crippen LogP contribution in [0, 0.1) is 9.49 Å². The van der Waals surface area contributed by atoms with Crippen LogP contribution < -0.4 is 0 Å². The molecule has 1 aliphatic carbocycles. The van der Waals surface area contributed by atoms with Gasteiger partial charge in [0.25, 0.3) is 0 Å². The molecule has 0 bridgehead atoms. The van der Waals surface area contributed by atoms with Crippen molar-refractivity contribution in [2.75, 3.05) is 0 Å². The highest BCUT2D eigenvalue weighted by Crippen LogP contribution is 2.33. The van der Waals surface area contributed by atoms with Gasteiger partial charge in [0.05, 0.1) is 0 Å². The Morgan fingerprint density at radius 1 is 1.40 bits per heavy atom. The number of ketones is 1. The highest BCUT2D eigenvalue weighted by molar-refractivity contribution is 14.1. The normalized spacial score (nSPS) is 17.5. The fraction of sp³-hybridized carbons (Fsp3) is 0.417. The third-order valence-electron chi connectivity index (χ3n) is 2.69. The molecule has 1 aromatic carbocycles. The Balaban J connectivity index is 1.95. The lowest BCUT2D eigenvalue weighted by Gasteiger charge is -2.07. The second kappa shape index (κ2) is 4.61. The van der Waals surface area contributed by atoms with Crippen LogP contribution in [0.5, 0.6) is 0 Å². The number of carbonyl (C=O) groups is 1. The van der Waals surface area contributed by atoms with Crippen LogP contribution in [0.4, 0.5) is 0 Å². The molecule has 80 valence electrons. The SMILES string of the molecule is O=C(Cc1ccc(I)cc1)C(O)C1CC1. The van der Waals surface area contributed by atoms with Gasteiger partial charge in [-0.25, -0.2) is 0 Å². The maximum Gasteiger partial charge on any atom is 0.165 e. The van der Waals surface area contributed by atoms with Crippen molar-refractivity contribution in [2.45, 2.75) is 25.4 Å². The molecule has 0 amide bonds. The summed E-state index contributed by atoms with van der Waals surface area (Å²) in [5.74, 6) is 0.194. The molecule has 3 heteroatoms. The van der Waals surface area contributed by atoms with Gasteiger partial charge in [0.1, 0.15) is 6.10 Å². The van der Waals surface area contributed by atoms with Crippen LogP contribution in [0.1, 0.15) is 18.4 Å². The van der Waals surface area contributed by atoms with E-state index in [1.807, 2.05) is 24.3 Å². The minimum atomic E-state index is -0.732. The van der Waals surface area contributed by atoms with Crippen molar-refractivity contribution in [1.29, 1.82) is 0 Å². The van der Waals surface area contributed by atoms with Gasteiger partial charge in [-0.1, -0.05) is 12.1 Å². The highest BCUT2D eigenvalue weighted by Gasteiger charge is 2.34. The lowest BCUT2D eigenvalue weighted by molar-refractivity contribution is -0.127. The summed E-state index contributed by atoms with van der Waals surface area (Å²) in [6, 6.07) is 7.85. The fourth-order valence-corrected chi connectivity index (χ4v) is 1.94. The number of aliphatic hydroxyl groups excluding tert-OH is 1. The average molecular weight is 316 g/mol. The Labute approximate surface area is 103 Å². The van der Waals surface area contributed by atoms with Gasteiger partial charge in [0.2, 0.25) is 0 Å². The molecule has 0 radical (unpaired) electrons. The van der Waals surface area contributed by atoms with E-state index in [4.69, 9.17) is 0 Å². The predicted octanol–water partition coefficient (Wildman–Crippen LogP) is 2.17. The molecular weight excluding hydrogens is 303 g/mol. The zero-order chi connectivity index (χ0) is 10.8. The smallest absolute Gasteiger partial charge is 0.165 e. The first-order valence-electron chi connectivity index (χ1n) is 5.12. The Morgan fingerprint density at radius 2 is 2.00 bits per heavy atom. The lowest BCUT2D eigenvalue weighted by Crippen LogP contribution is -2.24. The summed E-state index contributed by atoms with van der Waals surface area (Å²) in [4.78, 5) is 11.6. The van der Waals surface area contributed by atoms with E-state index in [9.17, 15) is 9.90 Å². The van der Waals surface area contributed by atoms with E-state index in [1.165, 1.54) is 0 Å². The molecule has 1 atom stereocenters. The van der Waals surface area contributed by atoms with E-state index in [2.05, 4.69) is 22.6 Å². The molecule has 15 heavy (non-hydrogen) atoms. The minimum absolute atomic E-state index is 0.0429. The first-order chi connectivity index (χ1) is 7.16. The van der Waals surface area contributed by atoms with Crippen molar-refractivity contribution in [3.63, 3.8) is 0 Å². The second-order valence-electron chi connectivity index (χ2n) is 4.05. The summed E-state index contributed by atoms with van der Waals surface area (Å²) in [7, 11) is 0. The van der Waals surface area contributed by atoms with Gasteiger partial charge in [-0.15, -0.1) is 0 Å². The zero-order valence-electron chi connectivity index (χ0n) is 8.32. The maximum atomic E-state index is 11.6. The van der Waals surface area contributed by atoms with E-state index in [1.54, 1.807) is 0 Å². The molecule has 0 aliphatic heterocycles. The predicted molar refractivity (Wildman–Crippen MR) is 66.6 cm³/mol. The van der Waals surface area contributed by atoms with Crippen molar-refractivity contribution in [3.8, 4) is 0 Å². The molecule has 1 aliphatic rings. The first kappa shape index (κ1) is 11.1. The van der Waals surface area contributed by atoms with Crippen molar-refractivity contribution in [1.82, 2.24) is 0 Å². The van der Waals surface area contributed by atoms with Gasteiger partial charge in [-0.2, -0.15) is 0 Å². The van der Waals surface area contributed by atoms with Crippen LogP contribution in [-0.2, 0) is 11.2 Å². The minimum Gasteiger partial charge on any atom is -0.385 e. The van der Waals surface area contributed by atoms with Gasteiger partial charge in [0.15, 0.2) is 5.78 Å². The number of aliphatic hydroxyl groups is 1. The molecule has 1 aromatic rings. The summed E-state index contributed by atoms with van der Waals surface area (Å²) in [5.41, 5.74) is 0.986. The summed E-state index contributed by atoms with van der Waals surface area (Å²) >= 11 is 2.23. The Kier molecular flexibility index (Phi) is 3.41. The fourth-order valence-electron chi connectivity index (χ4n) is 1.58. The number of halogens is 1. The molecule has 0 saturated heterocycles. The highest BCUT2D eigenvalue weighted by atomic mass is 127. The Hall–Kier alpha value is -0.420. The monoisotopic (exact) mass is 316 g/mol. The summed E-state index contributed by atoms with van der Waals surface area (Å²) in [6.45, 7) is 0. The van der Waals surface area contributed by atoms with Crippen LogP contribution in [-0.4, -0.2) is 17.0 Å². The van der Waals surface area contributed by atoms with Crippen molar-refractivity contribution in [3.05, 3.63) is 33.4 Å². The molecular formula is C12H13IO2. The number of hydrogen-bond acceptors (Lipinski definition) is 2. The average Bonchev–Trinajstić information content (AvgIpc) is 3.04. The van der Waals surface area contributed by atoms with E-state index in [-0.39, 0.29) is 11.7 Å². The molecule has 0 heterocycles. The molecule has 1 unspecified atom stereocenters. The first-order valence-corrected chi connectivity index (χ1v) is 6.20. The van der Waals surface area contributed by atoms with E-state index in [0.717, 1.165) is 22.0 Å². The van der Waals surface area contributed by atoms with Crippen LogP contribution in [0.25, 0.3) is 0 Å². The van der Waals surface area contributed by atoms with Gasteiger partial charge >= 0.3 is 0 Å². The standard InChI is InChI=1S/C12H13IO2/c13-10-5-1-8(2-6-10)7-11(14)12(15)9-3-4-9/h1-2,5-6,9,12,15H,3-4,7H2. The molecule has 2 nitrogen and oxygen atoms in total. The van der Waals surface area contributed by atoms with Gasteiger partial charge < -0.3 is 5.11 Å². The number of carbonyl (C=O) groups excluding carboxylic acids is 1. The van der Waals surface area contributed by atoms with Gasteiger partial charge in [0, 0.05) is 9.99 Å². The maximum absolute atomic E-state index is 11.6. The summed E-state index contributed by atoms with van der Waals surface area (Å²) < 4.78 is 1.16. The number of hydrogen-bond donors (Lipinski definition) is 1. The number of benzene rings is 1. The summed E-state index contributed by atoms with van der Waals surface area (Å²) in [5, 5.41) is 9.62. The van der Waals surface area contributed by atoms with Crippen molar-refractivity contribution in [2.24, 2.45) is 5.92 Å². The third kappa shape index (κ3) is 3.01. The lowest BCUT2D eigenvalue weighted by atomic mass is 10.0. The van der Waals surface area contributed by atoms with E-state index < -0.39 is 6.10 Å². The largest absolute Gasteiger partial charge is 0.385 e. The molecule has 1 N–H and O–H groups in total. The zero-order valence-corrected chi connectivity index (χ0v) is 10.5. The van der Waals surface area contributed by atoms with E-state index >= 15 is 0 Å². The molecule has 0 spiro atoms. The molecule has 1 fully saturated rings. The van der Waals surface area contributed by atoms with Crippen LogP contribution in [0.15, 0.2) is 24.3 Å². The van der Waals surface area contributed by atoms with Crippen LogP contribution in [0.2, 0.25) is 0 Å². The van der Waals surface area contributed by atoms with E-state index in [0.29, 0.717) is 6.42 Å². The molecule has 2 rings (SSSR count). The third-order valence-corrected chi connectivity index (χ3v) is 3.41. The van der Waals surface area contributed by atoms with Gasteiger partial charge in [-0.3, -0.25) is 4.79 Å². The molecule has 1 saturated carbocycles.